The minimum Gasteiger partial charge on any atom is -0.356 e. The van der Waals surface area contributed by atoms with Crippen LogP contribution >= 0.6 is 12.4 Å². The number of rotatable bonds is 7. The summed E-state index contributed by atoms with van der Waals surface area (Å²) in [4.78, 5) is 11.9. The fourth-order valence-electron chi connectivity index (χ4n) is 3.24. The van der Waals surface area contributed by atoms with Crippen LogP contribution in [0.3, 0.4) is 0 Å². The molecule has 1 aliphatic rings. The lowest BCUT2D eigenvalue weighted by Gasteiger charge is -2.10. The number of nitrogens with two attached hydrogens (primary N) is 1. The smallest absolute Gasteiger partial charge is 0.220 e. The number of hydrogen-bond acceptors (Lipinski definition) is 2. The van der Waals surface area contributed by atoms with Gasteiger partial charge in [-0.1, -0.05) is 49.4 Å². The van der Waals surface area contributed by atoms with Crippen LogP contribution in [0.2, 0.25) is 0 Å². The van der Waals surface area contributed by atoms with Crippen LogP contribution in [0.5, 0.6) is 0 Å². The van der Waals surface area contributed by atoms with Crippen molar-refractivity contribution in [3.05, 3.63) is 59.2 Å². The van der Waals surface area contributed by atoms with Gasteiger partial charge in [0.05, 0.1) is 0 Å². The van der Waals surface area contributed by atoms with Gasteiger partial charge in [-0.25, -0.2) is 0 Å². The molecule has 134 valence electrons. The van der Waals surface area contributed by atoms with E-state index in [0.717, 1.165) is 19.3 Å². The van der Waals surface area contributed by atoms with Crippen molar-refractivity contribution in [3.63, 3.8) is 0 Å². The van der Waals surface area contributed by atoms with Gasteiger partial charge in [-0.2, -0.15) is 0 Å². The summed E-state index contributed by atoms with van der Waals surface area (Å²) >= 11 is 0. The van der Waals surface area contributed by atoms with Gasteiger partial charge >= 0.3 is 0 Å². The molecule has 0 bridgehead atoms. The molecule has 2 aromatic carbocycles. The molecule has 0 aromatic heterocycles. The summed E-state index contributed by atoms with van der Waals surface area (Å²) < 4.78 is 0. The molecule has 3 rings (SSSR count). The summed E-state index contributed by atoms with van der Waals surface area (Å²) in [5.74, 6) is 0.465. The quantitative estimate of drug-likeness (QED) is 0.676. The molecule has 0 saturated heterocycles. The van der Waals surface area contributed by atoms with Crippen molar-refractivity contribution in [2.24, 2.45) is 11.7 Å². The van der Waals surface area contributed by atoms with E-state index >= 15 is 0 Å². The maximum absolute atomic E-state index is 11.9. The third kappa shape index (κ3) is 4.83. The molecule has 0 saturated carbocycles. The van der Waals surface area contributed by atoms with E-state index < -0.39 is 0 Å². The van der Waals surface area contributed by atoms with Crippen molar-refractivity contribution in [3.8, 4) is 11.1 Å². The predicted molar refractivity (Wildman–Crippen MR) is 106 cm³/mol. The largest absolute Gasteiger partial charge is 0.356 e. The van der Waals surface area contributed by atoms with E-state index in [1.807, 2.05) is 6.92 Å². The molecule has 1 unspecified atom stereocenters. The second-order valence-electron chi connectivity index (χ2n) is 6.82. The minimum atomic E-state index is 0. The number of carbonyl (C=O) groups excluding carboxylic acids is 1. The molecular formula is C21H27ClN2O. The molecule has 25 heavy (non-hydrogen) atoms. The first-order valence-electron chi connectivity index (χ1n) is 8.84. The number of carbonyl (C=O) groups is 1. The normalized spacial score (nSPS) is 12.7. The number of aryl methyl sites for hydroxylation is 1. The number of benzene rings is 2. The van der Waals surface area contributed by atoms with Crippen LogP contribution in [0.1, 0.15) is 36.5 Å². The molecule has 1 aliphatic carbocycles. The SMILES string of the molecule is CC(CN)CNC(=O)CCCc1ccc2c(c1)-c1ccccc1C2.Cl. The number of nitrogens with one attached hydrogen (secondary N) is 1. The van der Waals surface area contributed by atoms with Gasteiger partial charge in [-0.05, 0) is 59.5 Å². The molecular weight excluding hydrogens is 332 g/mol. The van der Waals surface area contributed by atoms with Gasteiger partial charge in [0, 0.05) is 13.0 Å². The summed E-state index contributed by atoms with van der Waals surface area (Å²) in [6.07, 6.45) is 3.43. The average molecular weight is 359 g/mol. The van der Waals surface area contributed by atoms with E-state index in [9.17, 15) is 4.79 Å². The van der Waals surface area contributed by atoms with E-state index in [-0.39, 0.29) is 18.3 Å². The van der Waals surface area contributed by atoms with Crippen molar-refractivity contribution in [2.75, 3.05) is 13.1 Å². The van der Waals surface area contributed by atoms with Crippen LogP contribution < -0.4 is 11.1 Å². The maximum atomic E-state index is 11.9. The number of hydrogen-bond donors (Lipinski definition) is 2. The molecule has 4 heteroatoms. The van der Waals surface area contributed by atoms with Crippen molar-refractivity contribution < 1.29 is 4.79 Å². The zero-order valence-electron chi connectivity index (χ0n) is 14.8. The molecule has 3 N–H and O–H groups in total. The fraction of sp³-hybridized carbons (Fsp3) is 0.381. The van der Waals surface area contributed by atoms with Crippen LogP contribution in [0, 0.1) is 5.92 Å². The van der Waals surface area contributed by atoms with Gasteiger partial charge in [0.25, 0.3) is 0 Å². The van der Waals surface area contributed by atoms with Gasteiger partial charge in [0.15, 0.2) is 0 Å². The van der Waals surface area contributed by atoms with Crippen LogP contribution in [0.4, 0.5) is 0 Å². The van der Waals surface area contributed by atoms with Gasteiger partial charge in [0.1, 0.15) is 0 Å². The van der Waals surface area contributed by atoms with Crippen LogP contribution in [-0.2, 0) is 17.6 Å². The van der Waals surface area contributed by atoms with E-state index in [1.165, 1.54) is 27.8 Å². The third-order valence-corrected chi connectivity index (χ3v) is 4.78. The Kier molecular flexibility index (Phi) is 7.03. The van der Waals surface area contributed by atoms with Crippen molar-refractivity contribution in [1.29, 1.82) is 0 Å². The highest BCUT2D eigenvalue weighted by Crippen LogP contribution is 2.36. The monoisotopic (exact) mass is 358 g/mol. The Labute approximate surface area is 156 Å². The fourth-order valence-corrected chi connectivity index (χ4v) is 3.24. The minimum absolute atomic E-state index is 0. The van der Waals surface area contributed by atoms with E-state index in [4.69, 9.17) is 5.73 Å². The Bertz CT molecular complexity index is 730. The highest BCUT2D eigenvalue weighted by atomic mass is 35.5. The summed E-state index contributed by atoms with van der Waals surface area (Å²) in [6, 6.07) is 15.4. The number of fused-ring (bicyclic) bond motifs is 3. The van der Waals surface area contributed by atoms with Crippen LogP contribution in [0.15, 0.2) is 42.5 Å². The van der Waals surface area contributed by atoms with Crippen LogP contribution in [-0.4, -0.2) is 19.0 Å². The lowest BCUT2D eigenvalue weighted by Crippen LogP contribution is -2.31. The Morgan fingerprint density at radius 1 is 1.16 bits per heavy atom. The Balaban J connectivity index is 0.00000225. The summed E-state index contributed by atoms with van der Waals surface area (Å²) in [5, 5.41) is 2.96. The predicted octanol–water partition coefficient (Wildman–Crippen LogP) is 3.71. The van der Waals surface area contributed by atoms with Crippen LogP contribution in [0.25, 0.3) is 11.1 Å². The molecule has 0 radical (unpaired) electrons. The highest BCUT2D eigenvalue weighted by molar-refractivity contribution is 5.85. The first-order valence-corrected chi connectivity index (χ1v) is 8.84. The summed E-state index contributed by atoms with van der Waals surface area (Å²) in [7, 11) is 0. The first kappa shape index (κ1) is 19.5. The average Bonchev–Trinajstić information content (AvgIpc) is 2.97. The topological polar surface area (TPSA) is 55.1 Å². The molecule has 2 aromatic rings. The zero-order valence-corrected chi connectivity index (χ0v) is 15.6. The molecule has 0 aliphatic heterocycles. The highest BCUT2D eigenvalue weighted by Gasteiger charge is 2.17. The van der Waals surface area contributed by atoms with Gasteiger partial charge in [-0.3, -0.25) is 4.79 Å². The maximum Gasteiger partial charge on any atom is 0.220 e. The third-order valence-electron chi connectivity index (χ3n) is 4.78. The second-order valence-corrected chi connectivity index (χ2v) is 6.82. The summed E-state index contributed by atoms with van der Waals surface area (Å²) in [6.45, 7) is 3.32. The van der Waals surface area contributed by atoms with E-state index in [1.54, 1.807) is 0 Å². The van der Waals surface area contributed by atoms with Crippen molar-refractivity contribution in [2.45, 2.75) is 32.6 Å². The molecule has 0 spiro atoms. The Morgan fingerprint density at radius 2 is 1.92 bits per heavy atom. The Hall–Kier alpha value is -1.84. The Morgan fingerprint density at radius 3 is 2.72 bits per heavy atom. The van der Waals surface area contributed by atoms with Crippen molar-refractivity contribution in [1.82, 2.24) is 5.32 Å². The lowest BCUT2D eigenvalue weighted by atomic mass is 10.00. The van der Waals surface area contributed by atoms with E-state index in [0.29, 0.717) is 25.4 Å². The molecule has 0 fully saturated rings. The van der Waals surface area contributed by atoms with Gasteiger partial charge < -0.3 is 11.1 Å². The number of halogens is 1. The zero-order chi connectivity index (χ0) is 16.9. The first-order chi connectivity index (χ1) is 11.7. The molecule has 1 atom stereocenters. The van der Waals surface area contributed by atoms with E-state index in [2.05, 4.69) is 47.8 Å². The molecule has 1 amide bonds. The lowest BCUT2D eigenvalue weighted by molar-refractivity contribution is -0.121. The summed E-state index contributed by atoms with van der Waals surface area (Å²) in [5.41, 5.74) is 12.4. The standard InChI is InChI=1S/C21H26N2O.ClH/c1-15(13-22)14-23-21(24)8-4-5-16-9-10-18-12-17-6-2-3-7-19(17)20(18)11-16;/h2-3,6-7,9-11,15H,4-5,8,12-14,22H2,1H3,(H,23,24);1H. The van der Waals surface area contributed by atoms with Gasteiger partial charge in [-0.15, -0.1) is 12.4 Å². The number of amides is 1. The van der Waals surface area contributed by atoms with Crippen molar-refractivity contribution >= 4 is 18.3 Å². The molecule has 3 nitrogen and oxygen atoms in total. The second kappa shape index (κ2) is 9.02. The van der Waals surface area contributed by atoms with Gasteiger partial charge in [0.2, 0.25) is 5.91 Å². The molecule has 0 heterocycles.